The van der Waals surface area contributed by atoms with Crippen molar-refractivity contribution in [2.45, 2.75) is 57.9 Å². The molecule has 1 aliphatic heterocycles. The normalized spacial score (nSPS) is 38.2. The fraction of sp³-hybridized carbons (Fsp3) is 0.938. The summed E-state index contributed by atoms with van der Waals surface area (Å²) in [6.45, 7) is 4.78. The lowest BCUT2D eigenvalue weighted by molar-refractivity contribution is 0.299. The standard InChI is InChI=1S/C16H29N3/c1-3-6-12-9-15(12)18-16(17-2)19-10-13-7-4-5-8-14(13)11-19/h12-15H,3-11H2,1-2H3,(H,17,18). The fourth-order valence-corrected chi connectivity index (χ4v) is 4.16. The number of likely N-dealkylation sites (tertiary alicyclic amines) is 1. The maximum Gasteiger partial charge on any atom is 0.193 e. The molecular formula is C16H29N3. The van der Waals surface area contributed by atoms with E-state index >= 15 is 0 Å². The highest BCUT2D eigenvalue weighted by Gasteiger charge is 2.40. The molecule has 0 spiro atoms. The number of nitrogens with zero attached hydrogens (tertiary/aromatic N) is 2. The molecule has 4 unspecified atom stereocenters. The van der Waals surface area contributed by atoms with Gasteiger partial charge >= 0.3 is 0 Å². The first-order chi connectivity index (χ1) is 9.31. The van der Waals surface area contributed by atoms with Gasteiger partial charge < -0.3 is 10.2 Å². The Kier molecular flexibility index (Phi) is 3.99. The third-order valence-corrected chi connectivity index (χ3v) is 5.38. The predicted molar refractivity (Wildman–Crippen MR) is 80.3 cm³/mol. The SMILES string of the molecule is CCCC1CC1NC(=NC)N1CC2CCCCC2C1. The van der Waals surface area contributed by atoms with Crippen LogP contribution in [0.4, 0.5) is 0 Å². The Labute approximate surface area is 117 Å². The second-order valence-corrected chi connectivity index (χ2v) is 6.79. The van der Waals surface area contributed by atoms with Crippen molar-refractivity contribution in [1.29, 1.82) is 0 Å². The van der Waals surface area contributed by atoms with Crippen molar-refractivity contribution in [2.24, 2.45) is 22.7 Å². The lowest BCUT2D eigenvalue weighted by Crippen LogP contribution is -2.41. The molecule has 0 amide bonds. The highest BCUT2D eigenvalue weighted by Crippen LogP contribution is 2.37. The van der Waals surface area contributed by atoms with Gasteiger partial charge in [-0.3, -0.25) is 4.99 Å². The van der Waals surface area contributed by atoms with E-state index in [-0.39, 0.29) is 0 Å². The van der Waals surface area contributed by atoms with Crippen LogP contribution in [-0.4, -0.2) is 37.0 Å². The zero-order valence-electron chi connectivity index (χ0n) is 12.6. The van der Waals surface area contributed by atoms with Gasteiger partial charge in [0, 0.05) is 26.2 Å². The van der Waals surface area contributed by atoms with E-state index in [1.54, 1.807) is 0 Å². The summed E-state index contributed by atoms with van der Waals surface area (Å²) in [5, 5.41) is 3.70. The van der Waals surface area contributed by atoms with Crippen molar-refractivity contribution in [1.82, 2.24) is 10.2 Å². The molecule has 1 saturated heterocycles. The molecule has 0 aromatic rings. The highest BCUT2D eigenvalue weighted by molar-refractivity contribution is 5.80. The van der Waals surface area contributed by atoms with Gasteiger partial charge in [0.1, 0.15) is 0 Å². The summed E-state index contributed by atoms with van der Waals surface area (Å²) in [4.78, 5) is 7.06. The van der Waals surface area contributed by atoms with Crippen molar-refractivity contribution in [3.63, 3.8) is 0 Å². The quantitative estimate of drug-likeness (QED) is 0.626. The second-order valence-electron chi connectivity index (χ2n) is 6.79. The Morgan fingerprint density at radius 3 is 2.47 bits per heavy atom. The average Bonchev–Trinajstić information content (AvgIpc) is 3.01. The Balaban J connectivity index is 1.53. The smallest absolute Gasteiger partial charge is 0.193 e. The van der Waals surface area contributed by atoms with Gasteiger partial charge in [-0.25, -0.2) is 0 Å². The van der Waals surface area contributed by atoms with Gasteiger partial charge in [0.25, 0.3) is 0 Å². The predicted octanol–water partition coefficient (Wildman–Crippen LogP) is 2.87. The average molecular weight is 263 g/mol. The van der Waals surface area contributed by atoms with Gasteiger partial charge in [0.15, 0.2) is 5.96 Å². The third kappa shape index (κ3) is 2.90. The van der Waals surface area contributed by atoms with E-state index in [1.165, 1.54) is 64.0 Å². The number of hydrogen-bond donors (Lipinski definition) is 1. The molecule has 3 aliphatic rings. The Morgan fingerprint density at radius 2 is 1.89 bits per heavy atom. The minimum absolute atomic E-state index is 0.710. The lowest BCUT2D eigenvalue weighted by Gasteiger charge is -2.22. The van der Waals surface area contributed by atoms with Crippen LogP contribution in [0.1, 0.15) is 51.9 Å². The highest BCUT2D eigenvalue weighted by atomic mass is 15.3. The second kappa shape index (κ2) is 5.72. The molecule has 3 heteroatoms. The Morgan fingerprint density at radius 1 is 1.21 bits per heavy atom. The molecule has 3 rings (SSSR count). The first-order valence-electron chi connectivity index (χ1n) is 8.30. The summed E-state index contributed by atoms with van der Waals surface area (Å²) in [5.41, 5.74) is 0. The molecule has 2 aliphatic carbocycles. The topological polar surface area (TPSA) is 27.6 Å². The van der Waals surface area contributed by atoms with Crippen LogP contribution in [0.15, 0.2) is 4.99 Å². The summed E-state index contributed by atoms with van der Waals surface area (Å²) < 4.78 is 0. The summed E-state index contributed by atoms with van der Waals surface area (Å²) in [5.74, 6) is 3.97. The molecule has 1 N–H and O–H groups in total. The van der Waals surface area contributed by atoms with Crippen molar-refractivity contribution >= 4 is 5.96 Å². The van der Waals surface area contributed by atoms with Crippen LogP contribution in [0.3, 0.4) is 0 Å². The molecule has 0 radical (unpaired) electrons. The Bertz CT molecular complexity index is 325. The largest absolute Gasteiger partial charge is 0.353 e. The first-order valence-corrected chi connectivity index (χ1v) is 8.30. The van der Waals surface area contributed by atoms with E-state index in [9.17, 15) is 0 Å². The minimum Gasteiger partial charge on any atom is -0.353 e. The molecule has 0 bridgehead atoms. The van der Waals surface area contributed by atoms with Crippen molar-refractivity contribution < 1.29 is 0 Å². The van der Waals surface area contributed by atoms with Crippen LogP contribution >= 0.6 is 0 Å². The van der Waals surface area contributed by atoms with Crippen molar-refractivity contribution in [3.8, 4) is 0 Å². The van der Waals surface area contributed by atoms with Crippen molar-refractivity contribution in [2.75, 3.05) is 20.1 Å². The van der Waals surface area contributed by atoms with E-state index in [0.717, 1.165) is 17.8 Å². The number of fused-ring (bicyclic) bond motifs is 1. The van der Waals surface area contributed by atoms with Gasteiger partial charge in [-0.1, -0.05) is 26.2 Å². The van der Waals surface area contributed by atoms with Crippen LogP contribution in [0.5, 0.6) is 0 Å². The van der Waals surface area contributed by atoms with Gasteiger partial charge in [-0.05, 0) is 43.4 Å². The number of rotatable bonds is 3. The summed E-state index contributed by atoms with van der Waals surface area (Å²) in [7, 11) is 1.95. The molecule has 2 saturated carbocycles. The maximum atomic E-state index is 4.53. The summed E-state index contributed by atoms with van der Waals surface area (Å²) >= 11 is 0. The summed E-state index contributed by atoms with van der Waals surface area (Å²) in [6.07, 6.45) is 9.83. The summed E-state index contributed by atoms with van der Waals surface area (Å²) in [6, 6.07) is 0.710. The zero-order chi connectivity index (χ0) is 13.2. The van der Waals surface area contributed by atoms with Gasteiger partial charge in [0.05, 0.1) is 0 Å². The molecule has 4 atom stereocenters. The van der Waals surface area contributed by atoms with E-state index in [2.05, 4.69) is 22.1 Å². The van der Waals surface area contributed by atoms with Crippen LogP contribution in [0.25, 0.3) is 0 Å². The molecule has 108 valence electrons. The van der Waals surface area contributed by atoms with Gasteiger partial charge in [0.2, 0.25) is 0 Å². The van der Waals surface area contributed by atoms with E-state index in [4.69, 9.17) is 0 Å². The molecule has 3 nitrogen and oxygen atoms in total. The monoisotopic (exact) mass is 263 g/mol. The van der Waals surface area contributed by atoms with E-state index in [0.29, 0.717) is 6.04 Å². The fourth-order valence-electron chi connectivity index (χ4n) is 4.16. The van der Waals surface area contributed by atoms with Crippen LogP contribution in [-0.2, 0) is 0 Å². The van der Waals surface area contributed by atoms with Crippen molar-refractivity contribution in [3.05, 3.63) is 0 Å². The molecule has 0 aromatic carbocycles. The van der Waals surface area contributed by atoms with Crippen LogP contribution in [0, 0.1) is 17.8 Å². The lowest BCUT2D eigenvalue weighted by atomic mass is 9.82. The van der Waals surface area contributed by atoms with Crippen LogP contribution in [0.2, 0.25) is 0 Å². The number of nitrogens with one attached hydrogen (secondary N) is 1. The van der Waals surface area contributed by atoms with E-state index < -0.39 is 0 Å². The number of hydrogen-bond acceptors (Lipinski definition) is 1. The zero-order valence-corrected chi connectivity index (χ0v) is 12.6. The number of aliphatic imine (C=N–C) groups is 1. The van der Waals surface area contributed by atoms with Gasteiger partial charge in [-0.2, -0.15) is 0 Å². The Hall–Kier alpha value is -0.730. The van der Waals surface area contributed by atoms with Gasteiger partial charge in [-0.15, -0.1) is 0 Å². The minimum atomic E-state index is 0.710. The van der Waals surface area contributed by atoms with E-state index in [1.807, 2.05) is 7.05 Å². The molecular weight excluding hydrogens is 234 g/mol. The number of guanidine groups is 1. The molecule has 3 fully saturated rings. The maximum absolute atomic E-state index is 4.53. The third-order valence-electron chi connectivity index (χ3n) is 5.38. The molecule has 1 heterocycles. The molecule has 0 aromatic heterocycles. The van der Waals surface area contributed by atoms with Crippen LogP contribution < -0.4 is 5.32 Å². The first kappa shape index (κ1) is 13.3. The molecule has 19 heavy (non-hydrogen) atoms.